The molecule has 0 spiro atoms. The Balaban J connectivity index is 2.25. The fraction of sp³-hybridized carbons (Fsp3) is 0.176. The monoisotopic (exact) mass is 293 g/mol. The number of nitrogens with two attached hydrogens (primary N) is 2. The van der Waals surface area contributed by atoms with E-state index in [0.717, 1.165) is 16.5 Å². The van der Waals surface area contributed by atoms with Crippen molar-refractivity contribution < 1.29 is 0 Å². The molecule has 5 N–H and O–H groups in total. The van der Waals surface area contributed by atoms with Gasteiger partial charge in [0.25, 0.3) is 0 Å². The topological polar surface area (TPSA) is 89.8 Å². The number of nitrogens with one attached hydrogen (secondary N) is 1. The molecule has 1 aromatic heterocycles. The van der Waals surface area contributed by atoms with E-state index in [1.165, 1.54) is 22.3 Å². The van der Waals surface area contributed by atoms with Crippen LogP contribution in [0.4, 0.5) is 11.8 Å². The molecule has 0 aliphatic heterocycles. The van der Waals surface area contributed by atoms with Crippen molar-refractivity contribution in [3.63, 3.8) is 0 Å². The summed E-state index contributed by atoms with van der Waals surface area (Å²) in [7, 11) is 0. The zero-order valence-corrected chi connectivity index (χ0v) is 12.9. The van der Waals surface area contributed by atoms with Crippen LogP contribution in [-0.2, 0) is 0 Å². The SMILES string of the molecule is Cc1ccc(-c2ccc3nc(N)nc(NN)c3c2)c(C)c1C. The highest BCUT2D eigenvalue weighted by Crippen LogP contribution is 2.31. The summed E-state index contributed by atoms with van der Waals surface area (Å²) in [4.78, 5) is 8.38. The molecule has 22 heavy (non-hydrogen) atoms. The fourth-order valence-corrected chi connectivity index (χ4v) is 2.69. The molecule has 0 radical (unpaired) electrons. The molecule has 1 heterocycles. The van der Waals surface area contributed by atoms with Gasteiger partial charge in [-0.3, -0.25) is 0 Å². The zero-order chi connectivity index (χ0) is 15.9. The molecule has 0 unspecified atom stereocenters. The van der Waals surface area contributed by atoms with Crippen molar-refractivity contribution in [1.29, 1.82) is 0 Å². The van der Waals surface area contributed by atoms with Crippen LogP contribution in [0.2, 0.25) is 0 Å². The van der Waals surface area contributed by atoms with Crippen LogP contribution >= 0.6 is 0 Å². The minimum absolute atomic E-state index is 0.204. The van der Waals surface area contributed by atoms with E-state index >= 15 is 0 Å². The second kappa shape index (κ2) is 5.27. The summed E-state index contributed by atoms with van der Waals surface area (Å²) in [5, 5.41) is 0.854. The quantitative estimate of drug-likeness (QED) is 0.499. The van der Waals surface area contributed by atoms with Gasteiger partial charge in [0.15, 0.2) is 5.82 Å². The van der Waals surface area contributed by atoms with Gasteiger partial charge in [0.1, 0.15) is 0 Å². The molecule has 0 saturated carbocycles. The number of nitrogens with zero attached hydrogens (tertiary/aromatic N) is 2. The molecule has 2 aromatic carbocycles. The predicted molar refractivity (Wildman–Crippen MR) is 91.4 cm³/mol. The molecule has 0 fully saturated rings. The van der Waals surface area contributed by atoms with Crippen LogP contribution < -0.4 is 17.0 Å². The normalized spacial score (nSPS) is 10.9. The van der Waals surface area contributed by atoms with Gasteiger partial charge in [-0.1, -0.05) is 18.2 Å². The predicted octanol–water partition coefficient (Wildman–Crippen LogP) is 3.09. The summed E-state index contributed by atoms with van der Waals surface area (Å²) < 4.78 is 0. The summed E-state index contributed by atoms with van der Waals surface area (Å²) in [5.74, 6) is 6.29. The van der Waals surface area contributed by atoms with Crippen LogP contribution in [-0.4, -0.2) is 9.97 Å². The molecular formula is C17H19N5. The maximum Gasteiger partial charge on any atom is 0.222 e. The minimum Gasteiger partial charge on any atom is -0.368 e. The molecule has 0 saturated heterocycles. The number of benzene rings is 2. The lowest BCUT2D eigenvalue weighted by Gasteiger charge is -2.13. The van der Waals surface area contributed by atoms with E-state index < -0.39 is 0 Å². The van der Waals surface area contributed by atoms with Gasteiger partial charge in [-0.15, -0.1) is 0 Å². The van der Waals surface area contributed by atoms with Gasteiger partial charge in [-0.2, -0.15) is 4.98 Å². The van der Waals surface area contributed by atoms with E-state index in [4.69, 9.17) is 11.6 Å². The van der Waals surface area contributed by atoms with E-state index in [-0.39, 0.29) is 5.95 Å². The number of aryl methyl sites for hydroxylation is 1. The van der Waals surface area contributed by atoms with Crippen molar-refractivity contribution in [2.24, 2.45) is 5.84 Å². The van der Waals surface area contributed by atoms with Gasteiger partial charge in [0, 0.05) is 5.39 Å². The summed E-state index contributed by atoms with van der Waals surface area (Å²) >= 11 is 0. The van der Waals surface area contributed by atoms with Crippen molar-refractivity contribution in [2.75, 3.05) is 11.2 Å². The van der Waals surface area contributed by atoms with E-state index in [2.05, 4.69) is 48.3 Å². The highest BCUT2D eigenvalue weighted by atomic mass is 15.3. The number of hydrogen-bond acceptors (Lipinski definition) is 5. The van der Waals surface area contributed by atoms with Crippen LogP contribution in [0.25, 0.3) is 22.0 Å². The standard InChI is InChI=1S/C17H19N5/c1-9-4-6-13(11(3)10(9)2)12-5-7-15-14(8-12)16(22-19)21-17(18)20-15/h4-8H,19H2,1-3H3,(H3,18,20,21,22). The Morgan fingerprint density at radius 3 is 2.45 bits per heavy atom. The molecule has 3 rings (SSSR count). The molecule has 0 aliphatic carbocycles. The number of fused-ring (bicyclic) bond motifs is 1. The lowest BCUT2D eigenvalue weighted by molar-refractivity contribution is 1.19. The Kier molecular flexibility index (Phi) is 3.42. The molecule has 5 nitrogen and oxygen atoms in total. The zero-order valence-electron chi connectivity index (χ0n) is 12.9. The maximum atomic E-state index is 5.69. The molecular weight excluding hydrogens is 274 g/mol. The van der Waals surface area contributed by atoms with Crippen molar-refractivity contribution in [1.82, 2.24) is 9.97 Å². The molecule has 0 amide bonds. The van der Waals surface area contributed by atoms with E-state index in [1.54, 1.807) is 0 Å². The number of hydrazine groups is 1. The van der Waals surface area contributed by atoms with Crippen LogP contribution in [0.15, 0.2) is 30.3 Å². The van der Waals surface area contributed by atoms with Crippen LogP contribution in [0.3, 0.4) is 0 Å². The number of anilines is 2. The first kappa shape index (κ1) is 14.3. The molecule has 0 atom stereocenters. The van der Waals surface area contributed by atoms with Crippen molar-refractivity contribution in [3.8, 4) is 11.1 Å². The Hall–Kier alpha value is -2.66. The first-order valence-electron chi connectivity index (χ1n) is 7.12. The average Bonchev–Trinajstić information content (AvgIpc) is 2.51. The highest BCUT2D eigenvalue weighted by Gasteiger charge is 2.10. The smallest absolute Gasteiger partial charge is 0.222 e. The Bertz CT molecular complexity index is 871. The maximum absolute atomic E-state index is 5.69. The average molecular weight is 293 g/mol. The summed E-state index contributed by atoms with van der Waals surface area (Å²) in [5.41, 5.74) is 15.2. The second-order valence-corrected chi connectivity index (χ2v) is 5.49. The molecule has 5 heteroatoms. The third-order valence-electron chi connectivity index (χ3n) is 4.22. The third kappa shape index (κ3) is 2.25. The van der Waals surface area contributed by atoms with Gasteiger partial charge in [0.2, 0.25) is 5.95 Å². The van der Waals surface area contributed by atoms with E-state index in [0.29, 0.717) is 5.82 Å². The van der Waals surface area contributed by atoms with Crippen molar-refractivity contribution >= 4 is 22.7 Å². The van der Waals surface area contributed by atoms with Gasteiger partial charge in [-0.25, -0.2) is 10.8 Å². The molecule has 112 valence electrons. The van der Waals surface area contributed by atoms with E-state index in [9.17, 15) is 0 Å². The van der Waals surface area contributed by atoms with Crippen LogP contribution in [0.1, 0.15) is 16.7 Å². The lowest BCUT2D eigenvalue weighted by atomic mass is 9.93. The first-order valence-corrected chi connectivity index (χ1v) is 7.12. The van der Waals surface area contributed by atoms with Crippen molar-refractivity contribution in [3.05, 3.63) is 47.0 Å². The number of rotatable bonds is 2. The number of nitrogen functional groups attached to an aromatic ring is 2. The fourth-order valence-electron chi connectivity index (χ4n) is 2.69. The van der Waals surface area contributed by atoms with E-state index in [1.807, 2.05) is 18.2 Å². The number of hydrogen-bond donors (Lipinski definition) is 3. The third-order valence-corrected chi connectivity index (χ3v) is 4.22. The molecule has 0 aliphatic rings. The molecule has 0 bridgehead atoms. The highest BCUT2D eigenvalue weighted by molar-refractivity contribution is 5.93. The van der Waals surface area contributed by atoms with Crippen LogP contribution in [0, 0.1) is 20.8 Å². The van der Waals surface area contributed by atoms with Crippen molar-refractivity contribution in [2.45, 2.75) is 20.8 Å². The summed E-state index contributed by atoms with van der Waals surface area (Å²) in [6.07, 6.45) is 0. The van der Waals surface area contributed by atoms with Gasteiger partial charge < -0.3 is 11.2 Å². The Morgan fingerprint density at radius 2 is 1.73 bits per heavy atom. The Labute approximate surface area is 129 Å². The first-order chi connectivity index (χ1) is 10.5. The summed E-state index contributed by atoms with van der Waals surface area (Å²) in [6.45, 7) is 6.41. The second-order valence-electron chi connectivity index (χ2n) is 5.49. The Morgan fingerprint density at radius 1 is 0.955 bits per heavy atom. The largest absolute Gasteiger partial charge is 0.368 e. The van der Waals surface area contributed by atoms with Gasteiger partial charge in [-0.05, 0) is 60.7 Å². The van der Waals surface area contributed by atoms with Gasteiger partial charge in [0.05, 0.1) is 5.52 Å². The molecule has 3 aromatic rings. The minimum atomic E-state index is 0.204. The number of aromatic nitrogens is 2. The van der Waals surface area contributed by atoms with Crippen LogP contribution in [0.5, 0.6) is 0 Å². The lowest BCUT2D eigenvalue weighted by Crippen LogP contribution is -2.11. The van der Waals surface area contributed by atoms with Gasteiger partial charge >= 0.3 is 0 Å². The summed E-state index contributed by atoms with van der Waals surface area (Å²) in [6, 6.07) is 10.3.